The van der Waals surface area contributed by atoms with E-state index in [1.165, 1.54) is 26.2 Å². The van der Waals surface area contributed by atoms with Gasteiger partial charge in [-0.25, -0.2) is 17.7 Å². The maximum atomic E-state index is 12.8. The average molecular weight is 438 g/mol. The van der Waals surface area contributed by atoms with E-state index in [0.717, 1.165) is 42.0 Å². The van der Waals surface area contributed by atoms with Crippen LogP contribution in [0.25, 0.3) is 0 Å². The minimum absolute atomic E-state index is 0.146. The first kappa shape index (κ1) is 21.7. The lowest BCUT2D eigenvalue weighted by atomic mass is 10.2. The van der Waals surface area contributed by atoms with Crippen molar-refractivity contribution in [2.45, 2.75) is 24.3 Å². The summed E-state index contributed by atoms with van der Waals surface area (Å²) in [5.74, 6) is -0.146. The van der Waals surface area contributed by atoms with Crippen molar-refractivity contribution in [1.29, 1.82) is 0 Å². The lowest BCUT2D eigenvalue weighted by Gasteiger charge is -2.27. The molecule has 1 fully saturated rings. The molecule has 8 nitrogen and oxygen atoms in total. The molecule has 1 aromatic carbocycles. The number of thiazole rings is 1. The summed E-state index contributed by atoms with van der Waals surface area (Å²) in [5, 5.41) is 5.85. The molecule has 158 valence electrons. The number of nitrogens with one attached hydrogen (secondary N) is 1. The Bertz CT molecular complexity index is 931. The Kier molecular flexibility index (Phi) is 6.89. The number of benzene rings is 1. The Morgan fingerprint density at radius 1 is 1.24 bits per heavy atom. The maximum Gasteiger partial charge on any atom is 0.242 e. The van der Waals surface area contributed by atoms with Crippen molar-refractivity contribution in [3.8, 4) is 0 Å². The highest BCUT2D eigenvalue weighted by atomic mass is 32.2. The van der Waals surface area contributed by atoms with E-state index in [1.54, 1.807) is 23.5 Å². The second kappa shape index (κ2) is 9.21. The van der Waals surface area contributed by atoms with E-state index in [1.807, 2.05) is 18.5 Å². The number of amides is 1. The molecule has 0 aliphatic carbocycles. The summed E-state index contributed by atoms with van der Waals surface area (Å²) in [6.45, 7) is 5.22. The minimum Gasteiger partial charge on any atom is -0.347 e. The molecule has 0 radical (unpaired) electrons. The molecule has 2 heterocycles. The van der Waals surface area contributed by atoms with Crippen LogP contribution in [0.5, 0.6) is 0 Å². The van der Waals surface area contributed by atoms with Crippen LogP contribution in [-0.2, 0) is 14.8 Å². The van der Waals surface area contributed by atoms with Crippen LogP contribution in [0.3, 0.4) is 0 Å². The molecule has 0 bridgehead atoms. The van der Waals surface area contributed by atoms with E-state index in [9.17, 15) is 13.2 Å². The molecule has 10 heteroatoms. The number of rotatable bonds is 6. The van der Waals surface area contributed by atoms with Gasteiger partial charge < -0.3 is 10.2 Å². The number of hydrogen-bond donors (Lipinski definition) is 1. The van der Waals surface area contributed by atoms with Crippen LogP contribution in [0.2, 0.25) is 0 Å². The van der Waals surface area contributed by atoms with E-state index in [0.29, 0.717) is 5.69 Å². The first-order chi connectivity index (χ1) is 13.8. The van der Waals surface area contributed by atoms with E-state index in [-0.39, 0.29) is 16.8 Å². The number of sulfonamides is 1. The fourth-order valence-corrected chi connectivity index (χ4v) is 4.89. The summed E-state index contributed by atoms with van der Waals surface area (Å²) < 4.78 is 25.8. The number of aromatic nitrogens is 1. The highest BCUT2D eigenvalue weighted by Gasteiger charge is 2.25. The second-order valence-electron chi connectivity index (χ2n) is 7.17. The smallest absolute Gasteiger partial charge is 0.242 e. The number of hydrogen-bond acceptors (Lipinski definition) is 7. The Balaban J connectivity index is 1.63. The topological polar surface area (TPSA) is 85.8 Å². The molecule has 0 spiro atoms. The summed E-state index contributed by atoms with van der Waals surface area (Å²) in [7, 11) is -0.581. The fourth-order valence-electron chi connectivity index (χ4n) is 3.25. The molecule has 1 aliphatic rings. The van der Waals surface area contributed by atoms with Gasteiger partial charge >= 0.3 is 0 Å². The molecule has 0 saturated carbocycles. The van der Waals surface area contributed by atoms with Gasteiger partial charge in [0.25, 0.3) is 0 Å². The van der Waals surface area contributed by atoms with Gasteiger partial charge in [0.15, 0.2) is 5.13 Å². The largest absolute Gasteiger partial charge is 0.347 e. The molecule has 3 rings (SSSR count). The van der Waals surface area contributed by atoms with Crippen molar-refractivity contribution in [2.24, 2.45) is 0 Å². The molecule has 29 heavy (non-hydrogen) atoms. The first-order valence-electron chi connectivity index (χ1n) is 9.51. The van der Waals surface area contributed by atoms with Gasteiger partial charge in [0, 0.05) is 57.5 Å². The zero-order valence-corrected chi connectivity index (χ0v) is 18.5. The van der Waals surface area contributed by atoms with Crippen molar-refractivity contribution in [2.75, 3.05) is 50.5 Å². The van der Waals surface area contributed by atoms with Crippen LogP contribution in [0.1, 0.15) is 13.3 Å². The minimum atomic E-state index is -3.55. The quantitative estimate of drug-likeness (QED) is 0.743. The van der Waals surface area contributed by atoms with Gasteiger partial charge in [-0.2, -0.15) is 0 Å². The van der Waals surface area contributed by atoms with Crippen LogP contribution >= 0.6 is 11.3 Å². The summed E-state index contributed by atoms with van der Waals surface area (Å²) in [4.78, 5) is 21.7. The molecule has 1 saturated heterocycles. The number of carbonyl (C=O) groups excluding carboxylic acids is 1. The van der Waals surface area contributed by atoms with E-state index in [4.69, 9.17) is 0 Å². The predicted molar refractivity (Wildman–Crippen MR) is 116 cm³/mol. The molecule has 2 aromatic rings. The number of nitrogens with zero attached hydrogens (tertiary/aromatic N) is 4. The van der Waals surface area contributed by atoms with E-state index in [2.05, 4.69) is 20.1 Å². The molecule has 1 aromatic heterocycles. The molecule has 1 unspecified atom stereocenters. The standard InChI is InChI=1S/C19H27N5O3S2/c1-15(23-9-5-10-24(12-11-23)19-20-8-13-28-19)18(25)21-16-6-4-7-17(14-16)29(26,27)22(2)3/h4,6-8,13-15H,5,9-12H2,1-3H3,(H,21,25). The maximum absolute atomic E-state index is 12.8. The van der Waals surface area contributed by atoms with Crippen LogP contribution in [-0.4, -0.2) is 74.8 Å². The Labute approximate surface area is 176 Å². The molecule has 1 N–H and O–H groups in total. The van der Waals surface area contributed by atoms with Gasteiger partial charge in [-0.05, 0) is 31.5 Å². The van der Waals surface area contributed by atoms with E-state index >= 15 is 0 Å². The zero-order valence-electron chi connectivity index (χ0n) is 16.9. The molecule has 1 atom stereocenters. The third-order valence-corrected chi connectivity index (χ3v) is 7.67. The molecular weight excluding hydrogens is 410 g/mol. The summed E-state index contributed by atoms with van der Waals surface area (Å²) in [5.41, 5.74) is 0.476. The van der Waals surface area contributed by atoms with Gasteiger partial charge in [0.05, 0.1) is 10.9 Å². The van der Waals surface area contributed by atoms with E-state index < -0.39 is 10.0 Å². The average Bonchev–Trinajstić information content (AvgIpc) is 3.12. The lowest BCUT2D eigenvalue weighted by molar-refractivity contribution is -0.120. The normalized spacial score (nSPS) is 17.2. The predicted octanol–water partition coefficient (Wildman–Crippen LogP) is 1.93. The SMILES string of the molecule is CC(C(=O)Nc1cccc(S(=O)(=O)N(C)C)c1)N1CCCN(c2nccs2)CC1. The highest BCUT2D eigenvalue weighted by Crippen LogP contribution is 2.21. The van der Waals surface area contributed by atoms with Gasteiger partial charge in [0.2, 0.25) is 15.9 Å². The summed E-state index contributed by atoms with van der Waals surface area (Å²) >= 11 is 1.63. The Morgan fingerprint density at radius 3 is 2.72 bits per heavy atom. The first-order valence-corrected chi connectivity index (χ1v) is 11.8. The van der Waals surface area contributed by atoms with Crippen LogP contribution in [0.15, 0.2) is 40.7 Å². The number of anilines is 2. The third-order valence-electron chi connectivity index (χ3n) is 5.03. The number of carbonyl (C=O) groups is 1. The fraction of sp³-hybridized carbons (Fsp3) is 0.474. The summed E-state index contributed by atoms with van der Waals surface area (Å²) in [6, 6.07) is 6.03. The van der Waals surface area contributed by atoms with Crippen LogP contribution in [0, 0.1) is 0 Å². The van der Waals surface area contributed by atoms with Crippen molar-refractivity contribution in [3.63, 3.8) is 0 Å². The Hall–Kier alpha value is -2.01. The van der Waals surface area contributed by atoms with Gasteiger partial charge in [-0.3, -0.25) is 9.69 Å². The van der Waals surface area contributed by atoms with Crippen LogP contribution < -0.4 is 10.2 Å². The van der Waals surface area contributed by atoms with Crippen molar-refractivity contribution >= 4 is 38.1 Å². The van der Waals surface area contributed by atoms with Crippen LogP contribution in [0.4, 0.5) is 10.8 Å². The van der Waals surface area contributed by atoms with Crippen molar-refractivity contribution in [1.82, 2.24) is 14.2 Å². The van der Waals surface area contributed by atoms with Crippen molar-refractivity contribution in [3.05, 3.63) is 35.8 Å². The molecular formula is C19H27N5O3S2. The summed E-state index contributed by atoms with van der Waals surface area (Å²) in [6.07, 6.45) is 2.76. The lowest BCUT2D eigenvalue weighted by Crippen LogP contribution is -2.44. The van der Waals surface area contributed by atoms with Gasteiger partial charge in [-0.1, -0.05) is 6.07 Å². The third kappa shape index (κ3) is 5.13. The zero-order chi connectivity index (χ0) is 21.0. The molecule has 1 amide bonds. The monoisotopic (exact) mass is 437 g/mol. The second-order valence-corrected chi connectivity index (χ2v) is 10.2. The highest BCUT2D eigenvalue weighted by molar-refractivity contribution is 7.89. The van der Waals surface area contributed by atoms with Crippen molar-refractivity contribution < 1.29 is 13.2 Å². The molecule has 1 aliphatic heterocycles. The van der Waals surface area contributed by atoms with Gasteiger partial charge in [0.1, 0.15) is 0 Å². The van der Waals surface area contributed by atoms with Gasteiger partial charge in [-0.15, -0.1) is 11.3 Å². The Morgan fingerprint density at radius 2 is 2.03 bits per heavy atom.